The quantitative estimate of drug-likeness (QED) is 0.846. The van der Waals surface area contributed by atoms with E-state index in [1.54, 1.807) is 18.2 Å². The first-order valence-corrected chi connectivity index (χ1v) is 6.42. The van der Waals surface area contributed by atoms with Crippen LogP contribution in [0.2, 0.25) is 0 Å². The summed E-state index contributed by atoms with van der Waals surface area (Å²) in [5, 5.41) is 2.78. The fourth-order valence-corrected chi connectivity index (χ4v) is 1.83. The Balaban J connectivity index is 1.93. The van der Waals surface area contributed by atoms with Gasteiger partial charge in [-0.2, -0.15) is 0 Å². The van der Waals surface area contributed by atoms with E-state index >= 15 is 0 Å². The first-order valence-electron chi connectivity index (χ1n) is 6.42. The Hall–Kier alpha value is -2.42. The molecule has 0 atom stereocenters. The molecule has 0 saturated heterocycles. The molecule has 0 spiro atoms. The van der Waals surface area contributed by atoms with Gasteiger partial charge in [-0.05, 0) is 30.2 Å². The van der Waals surface area contributed by atoms with E-state index < -0.39 is 0 Å². The number of benzene rings is 2. The van der Waals surface area contributed by atoms with Crippen LogP contribution >= 0.6 is 0 Å². The number of halogens is 1. The van der Waals surface area contributed by atoms with E-state index in [4.69, 9.17) is 0 Å². The first kappa shape index (κ1) is 14.0. The minimum atomic E-state index is -0.338. The van der Waals surface area contributed by atoms with Crippen LogP contribution < -0.4 is 5.32 Å². The summed E-state index contributed by atoms with van der Waals surface area (Å²) in [4.78, 5) is 11.7. The summed E-state index contributed by atoms with van der Waals surface area (Å²) in [6, 6.07) is 14.2. The third kappa shape index (κ3) is 3.79. The molecule has 0 aromatic heterocycles. The Morgan fingerprint density at radius 1 is 1.15 bits per heavy atom. The van der Waals surface area contributed by atoms with Crippen molar-refractivity contribution in [2.45, 2.75) is 13.5 Å². The summed E-state index contributed by atoms with van der Waals surface area (Å²) in [5.41, 5.74) is 2.60. The Labute approximate surface area is 118 Å². The second kappa shape index (κ2) is 6.66. The normalized spacial score (nSPS) is 10.7. The molecule has 2 aromatic carbocycles. The largest absolute Gasteiger partial charge is 0.348 e. The van der Waals surface area contributed by atoms with Gasteiger partial charge < -0.3 is 5.32 Å². The van der Waals surface area contributed by atoms with E-state index in [1.807, 2.05) is 31.2 Å². The van der Waals surface area contributed by atoms with Gasteiger partial charge in [0.1, 0.15) is 5.82 Å². The summed E-state index contributed by atoms with van der Waals surface area (Å²) in [7, 11) is 0. The smallest absolute Gasteiger partial charge is 0.244 e. The van der Waals surface area contributed by atoms with Gasteiger partial charge in [-0.3, -0.25) is 4.79 Å². The van der Waals surface area contributed by atoms with E-state index in [9.17, 15) is 9.18 Å². The highest BCUT2D eigenvalue weighted by molar-refractivity contribution is 5.91. The lowest BCUT2D eigenvalue weighted by Crippen LogP contribution is -2.20. The van der Waals surface area contributed by atoms with Crippen LogP contribution in [0.4, 0.5) is 4.39 Å². The topological polar surface area (TPSA) is 29.1 Å². The van der Waals surface area contributed by atoms with Crippen molar-refractivity contribution in [1.82, 2.24) is 5.32 Å². The molecule has 20 heavy (non-hydrogen) atoms. The van der Waals surface area contributed by atoms with E-state index in [2.05, 4.69) is 5.32 Å². The highest BCUT2D eigenvalue weighted by atomic mass is 19.1. The number of rotatable bonds is 4. The van der Waals surface area contributed by atoms with Crippen molar-refractivity contribution >= 4 is 12.0 Å². The second-order valence-corrected chi connectivity index (χ2v) is 4.50. The minimum Gasteiger partial charge on any atom is -0.348 e. The standard InChI is InChI=1S/C17H16FNO/c1-13-6-2-3-8-15(13)12-19-17(20)11-10-14-7-4-5-9-16(14)18/h2-11H,12H2,1H3,(H,19,20)/b11-10+. The van der Waals surface area contributed by atoms with Gasteiger partial charge in [0.25, 0.3) is 0 Å². The first-order chi connectivity index (χ1) is 9.66. The van der Waals surface area contributed by atoms with Crippen LogP contribution in [-0.4, -0.2) is 5.91 Å². The monoisotopic (exact) mass is 269 g/mol. The van der Waals surface area contributed by atoms with Gasteiger partial charge in [0.15, 0.2) is 0 Å². The maximum atomic E-state index is 13.4. The summed E-state index contributed by atoms with van der Waals surface area (Å²) in [6.45, 7) is 2.46. The SMILES string of the molecule is Cc1ccccc1CNC(=O)/C=C/c1ccccc1F. The van der Waals surface area contributed by atoms with Crippen LogP contribution in [-0.2, 0) is 11.3 Å². The number of carbonyl (C=O) groups is 1. The molecule has 1 N–H and O–H groups in total. The van der Waals surface area contributed by atoms with Gasteiger partial charge >= 0.3 is 0 Å². The predicted molar refractivity (Wildman–Crippen MR) is 78.5 cm³/mol. The number of carbonyl (C=O) groups excluding carboxylic acids is 1. The molecular formula is C17H16FNO. The third-order valence-corrected chi connectivity index (χ3v) is 3.03. The van der Waals surface area contributed by atoms with Gasteiger partial charge in [0.05, 0.1) is 0 Å². The number of amides is 1. The molecule has 2 nitrogen and oxygen atoms in total. The van der Waals surface area contributed by atoms with Crippen molar-refractivity contribution in [3.05, 3.63) is 77.1 Å². The molecule has 0 aliphatic rings. The highest BCUT2D eigenvalue weighted by Gasteiger charge is 2.00. The van der Waals surface area contributed by atoms with Crippen LogP contribution in [0, 0.1) is 12.7 Å². The van der Waals surface area contributed by atoms with Crippen molar-refractivity contribution in [1.29, 1.82) is 0 Å². The van der Waals surface area contributed by atoms with Crippen molar-refractivity contribution in [2.24, 2.45) is 0 Å². The van der Waals surface area contributed by atoms with Gasteiger partial charge in [0, 0.05) is 18.2 Å². The molecule has 0 bridgehead atoms. The van der Waals surface area contributed by atoms with Crippen molar-refractivity contribution in [2.75, 3.05) is 0 Å². The van der Waals surface area contributed by atoms with E-state index in [0.29, 0.717) is 12.1 Å². The second-order valence-electron chi connectivity index (χ2n) is 4.50. The average molecular weight is 269 g/mol. The zero-order chi connectivity index (χ0) is 14.4. The Kier molecular flexibility index (Phi) is 4.66. The Morgan fingerprint density at radius 2 is 1.85 bits per heavy atom. The van der Waals surface area contributed by atoms with Crippen LogP contribution in [0.15, 0.2) is 54.6 Å². The molecular weight excluding hydrogens is 253 g/mol. The van der Waals surface area contributed by atoms with Crippen molar-refractivity contribution in [3.8, 4) is 0 Å². The zero-order valence-corrected chi connectivity index (χ0v) is 11.3. The molecule has 0 heterocycles. The number of aryl methyl sites for hydroxylation is 1. The molecule has 0 saturated carbocycles. The lowest BCUT2D eigenvalue weighted by atomic mass is 10.1. The molecule has 0 unspecified atom stereocenters. The summed E-state index contributed by atoms with van der Waals surface area (Å²) in [6.07, 6.45) is 2.82. The zero-order valence-electron chi connectivity index (χ0n) is 11.3. The van der Waals surface area contributed by atoms with Crippen LogP contribution in [0.1, 0.15) is 16.7 Å². The molecule has 0 radical (unpaired) electrons. The molecule has 102 valence electrons. The average Bonchev–Trinajstić information content (AvgIpc) is 2.45. The van der Waals surface area contributed by atoms with E-state index in [1.165, 1.54) is 18.2 Å². The molecule has 2 rings (SSSR count). The lowest BCUT2D eigenvalue weighted by Gasteiger charge is -2.05. The molecule has 0 aliphatic heterocycles. The van der Waals surface area contributed by atoms with Crippen molar-refractivity contribution in [3.63, 3.8) is 0 Å². The fraction of sp³-hybridized carbons (Fsp3) is 0.118. The number of hydrogen-bond acceptors (Lipinski definition) is 1. The van der Waals surface area contributed by atoms with Crippen LogP contribution in [0.3, 0.4) is 0 Å². The Bertz CT molecular complexity index is 634. The van der Waals surface area contributed by atoms with Gasteiger partial charge in [-0.15, -0.1) is 0 Å². The number of nitrogens with one attached hydrogen (secondary N) is 1. The fourth-order valence-electron chi connectivity index (χ4n) is 1.83. The van der Waals surface area contributed by atoms with Gasteiger partial charge in [-0.25, -0.2) is 4.39 Å². The predicted octanol–water partition coefficient (Wildman–Crippen LogP) is 3.46. The van der Waals surface area contributed by atoms with Crippen LogP contribution in [0.25, 0.3) is 6.08 Å². The van der Waals surface area contributed by atoms with E-state index in [0.717, 1.165) is 11.1 Å². The third-order valence-electron chi connectivity index (χ3n) is 3.03. The summed E-state index contributed by atoms with van der Waals surface area (Å²) >= 11 is 0. The number of hydrogen-bond donors (Lipinski definition) is 1. The highest BCUT2D eigenvalue weighted by Crippen LogP contribution is 2.08. The summed E-state index contributed by atoms with van der Waals surface area (Å²) in [5.74, 6) is -0.577. The molecule has 2 aromatic rings. The van der Waals surface area contributed by atoms with Crippen LogP contribution in [0.5, 0.6) is 0 Å². The van der Waals surface area contributed by atoms with E-state index in [-0.39, 0.29) is 11.7 Å². The Morgan fingerprint density at radius 3 is 2.60 bits per heavy atom. The minimum absolute atomic E-state index is 0.239. The maximum absolute atomic E-state index is 13.4. The molecule has 1 amide bonds. The lowest BCUT2D eigenvalue weighted by molar-refractivity contribution is -0.116. The van der Waals surface area contributed by atoms with Gasteiger partial charge in [-0.1, -0.05) is 42.5 Å². The molecule has 0 aliphatic carbocycles. The molecule has 3 heteroatoms. The maximum Gasteiger partial charge on any atom is 0.244 e. The van der Waals surface area contributed by atoms with Crippen molar-refractivity contribution < 1.29 is 9.18 Å². The van der Waals surface area contributed by atoms with Gasteiger partial charge in [0.2, 0.25) is 5.91 Å². The summed E-state index contributed by atoms with van der Waals surface area (Å²) < 4.78 is 13.4. The molecule has 0 fully saturated rings.